The van der Waals surface area contributed by atoms with Gasteiger partial charge < -0.3 is 9.84 Å². The number of aromatic amines is 1. The smallest absolute Gasteiger partial charge is 0.330 e. The minimum absolute atomic E-state index is 0.0618. The van der Waals surface area contributed by atoms with Gasteiger partial charge in [-0.1, -0.05) is 15.9 Å². The van der Waals surface area contributed by atoms with Crippen molar-refractivity contribution >= 4 is 15.9 Å². The summed E-state index contributed by atoms with van der Waals surface area (Å²) in [5, 5.41) is 8.97. The van der Waals surface area contributed by atoms with E-state index in [4.69, 9.17) is 9.84 Å². The number of alkyl halides is 1. The van der Waals surface area contributed by atoms with Gasteiger partial charge in [0, 0.05) is 12.3 Å². The third-order valence-corrected chi connectivity index (χ3v) is 3.28. The second-order valence-electron chi connectivity index (χ2n) is 3.60. The Labute approximate surface area is 99.0 Å². The van der Waals surface area contributed by atoms with Crippen molar-refractivity contribution in [3.8, 4) is 0 Å². The molecule has 2 N–H and O–H groups in total. The molecule has 0 bridgehead atoms. The number of hydrogen-bond acceptors (Lipinski definition) is 4. The van der Waals surface area contributed by atoms with Crippen molar-refractivity contribution in [3.05, 3.63) is 33.1 Å². The van der Waals surface area contributed by atoms with E-state index in [1.54, 1.807) is 0 Å². The summed E-state index contributed by atoms with van der Waals surface area (Å²) in [5.74, 6) is 0. The fourth-order valence-electron chi connectivity index (χ4n) is 1.69. The van der Waals surface area contributed by atoms with E-state index in [1.165, 1.54) is 16.8 Å². The zero-order valence-corrected chi connectivity index (χ0v) is 9.88. The highest BCUT2D eigenvalue weighted by molar-refractivity contribution is 9.09. The molecule has 2 rings (SSSR count). The molecule has 0 aliphatic carbocycles. The van der Waals surface area contributed by atoms with Crippen molar-refractivity contribution in [3.63, 3.8) is 0 Å². The third-order valence-electron chi connectivity index (χ3n) is 2.46. The summed E-state index contributed by atoms with van der Waals surface area (Å²) in [6, 6.07) is 1.26. The first-order valence-corrected chi connectivity index (χ1v) is 5.75. The van der Waals surface area contributed by atoms with Gasteiger partial charge in [-0.2, -0.15) is 0 Å². The largest absolute Gasteiger partial charge is 0.394 e. The lowest BCUT2D eigenvalue weighted by molar-refractivity contribution is -0.0231. The number of halogens is 1. The third kappa shape index (κ3) is 2.11. The van der Waals surface area contributed by atoms with Gasteiger partial charge in [0.1, 0.15) is 0 Å². The Bertz CT molecular complexity index is 483. The maximum absolute atomic E-state index is 11.5. The van der Waals surface area contributed by atoms with Crippen molar-refractivity contribution in [2.24, 2.45) is 0 Å². The van der Waals surface area contributed by atoms with E-state index in [1.807, 2.05) is 0 Å². The molecule has 1 saturated heterocycles. The molecule has 3 atom stereocenters. The molecule has 1 aromatic heterocycles. The predicted octanol–water partition coefficient (Wildman–Crippen LogP) is -0.420. The van der Waals surface area contributed by atoms with Gasteiger partial charge in [-0.3, -0.25) is 14.3 Å². The number of H-pyrrole nitrogens is 1. The van der Waals surface area contributed by atoms with E-state index >= 15 is 0 Å². The second-order valence-corrected chi connectivity index (χ2v) is 4.78. The lowest BCUT2D eigenvalue weighted by Gasteiger charge is -2.16. The first kappa shape index (κ1) is 11.6. The van der Waals surface area contributed by atoms with Crippen LogP contribution in [0.3, 0.4) is 0 Å². The van der Waals surface area contributed by atoms with E-state index in [9.17, 15) is 9.59 Å². The fourth-order valence-corrected chi connectivity index (χ4v) is 2.49. The van der Waals surface area contributed by atoms with Crippen LogP contribution in [0.5, 0.6) is 0 Å². The molecule has 6 nitrogen and oxygen atoms in total. The van der Waals surface area contributed by atoms with Crippen LogP contribution in [0.4, 0.5) is 0 Å². The summed E-state index contributed by atoms with van der Waals surface area (Å²) in [6.07, 6.45) is 1.22. The van der Waals surface area contributed by atoms with Crippen LogP contribution in [0.2, 0.25) is 0 Å². The summed E-state index contributed by atoms with van der Waals surface area (Å²) >= 11 is 3.39. The van der Waals surface area contributed by atoms with Crippen LogP contribution in [-0.2, 0) is 4.74 Å². The Kier molecular flexibility index (Phi) is 3.27. The van der Waals surface area contributed by atoms with E-state index < -0.39 is 17.5 Å². The number of aromatic nitrogens is 2. The van der Waals surface area contributed by atoms with Crippen molar-refractivity contribution in [2.75, 3.05) is 6.61 Å². The highest BCUT2D eigenvalue weighted by Gasteiger charge is 2.34. The van der Waals surface area contributed by atoms with Gasteiger partial charge in [-0.25, -0.2) is 4.79 Å². The average Bonchev–Trinajstić information content (AvgIpc) is 2.60. The van der Waals surface area contributed by atoms with Crippen molar-refractivity contribution < 1.29 is 9.84 Å². The molecule has 7 heteroatoms. The topological polar surface area (TPSA) is 84.3 Å². The van der Waals surface area contributed by atoms with Gasteiger partial charge in [0.05, 0.1) is 17.5 Å². The highest BCUT2D eigenvalue weighted by Crippen LogP contribution is 2.32. The molecule has 16 heavy (non-hydrogen) atoms. The van der Waals surface area contributed by atoms with Gasteiger partial charge in [-0.05, 0) is 6.42 Å². The summed E-state index contributed by atoms with van der Waals surface area (Å²) in [6.45, 7) is -0.0866. The quantitative estimate of drug-likeness (QED) is 0.725. The van der Waals surface area contributed by atoms with Crippen molar-refractivity contribution in [1.29, 1.82) is 0 Å². The van der Waals surface area contributed by atoms with Gasteiger partial charge >= 0.3 is 5.69 Å². The first-order valence-electron chi connectivity index (χ1n) is 4.83. The second kappa shape index (κ2) is 4.52. The fraction of sp³-hybridized carbons (Fsp3) is 0.556. The minimum Gasteiger partial charge on any atom is -0.394 e. The SMILES string of the molecule is O=c1ccn([C@H]2O[C@H](CO)C[C@H]2Br)c(=O)[nH]1. The lowest BCUT2D eigenvalue weighted by Crippen LogP contribution is -2.33. The van der Waals surface area contributed by atoms with Gasteiger partial charge in [0.15, 0.2) is 6.23 Å². The molecular weight excluding hydrogens is 280 g/mol. The van der Waals surface area contributed by atoms with Crippen LogP contribution >= 0.6 is 15.9 Å². The van der Waals surface area contributed by atoms with Crippen molar-refractivity contribution in [1.82, 2.24) is 9.55 Å². The van der Waals surface area contributed by atoms with Crippen LogP contribution in [0, 0.1) is 0 Å². The molecule has 0 aromatic carbocycles. The zero-order chi connectivity index (χ0) is 11.7. The standard InChI is InChI=1S/C9H11BrN2O4/c10-6-3-5(4-13)16-8(6)12-2-1-7(14)11-9(12)15/h1-2,5-6,8,13H,3-4H2,(H,11,14,15)/t5-,6+,8-/m0/s1. The minimum atomic E-state index is -0.513. The lowest BCUT2D eigenvalue weighted by atomic mass is 10.2. The van der Waals surface area contributed by atoms with Crippen molar-refractivity contribution in [2.45, 2.75) is 23.6 Å². The van der Waals surface area contributed by atoms with Crippen LogP contribution in [-0.4, -0.2) is 32.2 Å². The molecule has 0 radical (unpaired) electrons. The molecular formula is C9H11BrN2O4. The molecule has 1 aromatic rings. The number of nitrogens with zero attached hydrogens (tertiary/aromatic N) is 1. The first-order chi connectivity index (χ1) is 7.61. The van der Waals surface area contributed by atoms with Crippen LogP contribution < -0.4 is 11.2 Å². The van der Waals surface area contributed by atoms with E-state index in [0.717, 1.165) is 0 Å². The van der Waals surface area contributed by atoms with Gasteiger partial charge in [0.2, 0.25) is 0 Å². The molecule has 88 valence electrons. The zero-order valence-electron chi connectivity index (χ0n) is 8.30. The average molecular weight is 291 g/mol. The molecule has 0 spiro atoms. The van der Waals surface area contributed by atoms with E-state index in [0.29, 0.717) is 6.42 Å². The maximum Gasteiger partial charge on any atom is 0.330 e. The van der Waals surface area contributed by atoms with E-state index in [-0.39, 0.29) is 17.5 Å². The number of aliphatic hydroxyl groups excluding tert-OH is 1. The predicted molar refractivity (Wildman–Crippen MR) is 59.7 cm³/mol. The Morgan fingerprint density at radius 3 is 2.94 bits per heavy atom. The molecule has 2 heterocycles. The summed E-state index contributed by atoms with van der Waals surface area (Å²) < 4.78 is 6.78. The van der Waals surface area contributed by atoms with Crippen LogP contribution in [0.1, 0.15) is 12.6 Å². The Hall–Kier alpha value is -0.920. The summed E-state index contributed by atoms with van der Waals surface area (Å²) in [5.41, 5.74) is -0.954. The number of nitrogens with one attached hydrogen (secondary N) is 1. The van der Waals surface area contributed by atoms with Gasteiger partial charge in [0.25, 0.3) is 5.56 Å². The number of hydrogen-bond donors (Lipinski definition) is 2. The number of ether oxygens (including phenoxy) is 1. The van der Waals surface area contributed by atoms with E-state index in [2.05, 4.69) is 20.9 Å². The highest BCUT2D eigenvalue weighted by atomic mass is 79.9. The molecule has 1 aliphatic heterocycles. The molecule has 0 saturated carbocycles. The monoisotopic (exact) mass is 290 g/mol. The Balaban J connectivity index is 2.31. The molecule has 0 amide bonds. The normalized spacial score (nSPS) is 29.5. The van der Waals surface area contributed by atoms with Crippen LogP contribution in [0.15, 0.2) is 21.9 Å². The molecule has 1 aliphatic rings. The Morgan fingerprint density at radius 1 is 1.62 bits per heavy atom. The maximum atomic E-state index is 11.5. The summed E-state index contributed by atoms with van der Waals surface area (Å²) in [4.78, 5) is 24.5. The molecule has 0 unspecified atom stereocenters. The Morgan fingerprint density at radius 2 is 2.38 bits per heavy atom. The molecule has 1 fully saturated rings. The van der Waals surface area contributed by atoms with Crippen LogP contribution in [0.25, 0.3) is 0 Å². The number of aliphatic hydroxyl groups is 1. The van der Waals surface area contributed by atoms with Gasteiger partial charge in [-0.15, -0.1) is 0 Å². The summed E-state index contributed by atoms with van der Waals surface area (Å²) in [7, 11) is 0. The number of rotatable bonds is 2.